The summed E-state index contributed by atoms with van der Waals surface area (Å²) >= 11 is 0. The number of hydrogen-bond donors (Lipinski definition) is 1. The lowest BCUT2D eigenvalue weighted by Crippen LogP contribution is -2.35. The highest BCUT2D eigenvalue weighted by molar-refractivity contribution is 5.89. The van der Waals surface area contributed by atoms with Gasteiger partial charge in [-0.25, -0.2) is 0 Å². The molecule has 1 atom stereocenters. The molecule has 0 aromatic carbocycles. The largest absolute Gasteiger partial charge is 0.383 e. The van der Waals surface area contributed by atoms with Gasteiger partial charge in [0.1, 0.15) is 0 Å². The lowest BCUT2D eigenvalue weighted by atomic mass is 10.1. The van der Waals surface area contributed by atoms with Crippen LogP contribution in [-0.2, 0) is 20.9 Å². The molecule has 1 aliphatic heterocycles. The van der Waals surface area contributed by atoms with Crippen molar-refractivity contribution in [3.63, 3.8) is 0 Å². The fraction of sp³-hybridized carbons (Fsp3) is 0.615. The minimum Gasteiger partial charge on any atom is -0.383 e. The van der Waals surface area contributed by atoms with Crippen LogP contribution in [0.3, 0.4) is 0 Å². The SMILES string of the molecule is COCCN1CC(C(=O)N(C)Cc2cn[nH]c2)CC1=O. The third-order valence-electron chi connectivity index (χ3n) is 3.48. The van der Waals surface area contributed by atoms with Crippen LogP contribution in [0.2, 0.25) is 0 Å². The molecule has 0 radical (unpaired) electrons. The van der Waals surface area contributed by atoms with Gasteiger partial charge in [-0.2, -0.15) is 5.10 Å². The Balaban J connectivity index is 1.88. The predicted molar refractivity (Wildman–Crippen MR) is 71.6 cm³/mol. The zero-order valence-corrected chi connectivity index (χ0v) is 11.8. The summed E-state index contributed by atoms with van der Waals surface area (Å²) in [6, 6.07) is 0. The number of aromatic nitrogens is 2. The number of carbonyl (C=O) groups is 2. The van der Waals surface area contributed by atoms with Crippen LogP contribution in [0.4, 0.5) is 0 Å². The van der Waals surface area contributed by atoms with E-state index in [1.165, 1.54) is 0 Å². The summed E-state index contributed by atoms with van der Waals surface area (Å²) < 4.78 is 4.97. The van der Waals surface area contributed by atoms with Gasteiger partial charge in [-0.3, -0.25) is 14.7 Å². The van der Waals surface area contributed by atoms with E-state index in [-0.39, 0.29) is 24.2 Å². The molecule has 7 heteroatoms. The van der Waals surface area contributed by atoms with Crippen molar-refractivity contribution in [2.24, 2.45) is 5.92 Å². The summed E-state index contributed by atoms with van der Waals surface area (Å²) in [5.41, 5.74) is 0.946. The van der Waals surface area contributed by atoms with E-state index < -0.39 is 0 Å². The molecule has 2 heterocycles. The summed E-state index contributed by atoms with van der Waals surface area (Å²) in [5, 5.41) is 6.57. The second-order valence-electron chi connectivity index (χ2n) is 5.03. The number of H-pyrrole nitrogens is 1. The Labute approximate surface area is 117 Å². The molecule has 2 amide bonds. The third-order valence-corrected chi connectivity index (χ3v) is 3.48. The van der Waals surface area contributed by atoms with E-state index in [2.05, 4.69) is 10.2 Å². The molecule has 1 saturated heterocycles. The van der Waals surface area contributed by atoms with Crippen LogP contribution in [0.5, 0.6) is 0 Å². The fourth-order valence-electron chi connectivity index (χ4n) is 2.38. The Bertz CT molecular complexity index is 460. The molecule has 1 aliphatic rings. The third kappa shape index (κ3) is 3.36. The second-order valence-corrected chi connectivity index (χ2v) is 5.03. The van der Waals surface area contributed by atoms with Crippen LogP contribution in [0.15, 0.2) is 12.4 Å². The highest BCUT2D eigenvalue weighted by Gasteiger charge is 2.35. The van der Waals surface area contributed by atoms with Crippen LogP contribution in [-0.4, -0.2) is 65.7 Å². The lowest BCUT2D eigenvalue weighted by Gasteiger charge is -2.20. The van der Waals surface area contributed by atoms with Crippen molar-refractivity contribution in [1.82, 2.24) is 20.0 Å². The highest BCUT2D eigenvalue weighted by Crippen LogP contribution is 2.20. The molecule has 2 rings (SSSR count). The standard InChI is InChI=1S/C13H20N4O3/c1-16(8-10-6-14-15-7-10)13(19)11-5-12(18)17(9-11)3-4-20-2/h6-7,11H,3-5,8-9H2,1-2H3,(H,14,15). The van der Waals surface area contributed by atoms with Crippen molar-refractivity contribution < 1.29 is 14.3 Å². The van der Waals surface area contributed by atoms with Crippen LogP contribution < -0.4 is 0 Å². The molecule has 1 unspecified atom stereocenters. The number of aromatic amines is 1. The molecule has 1 aromatic heterocycles. The summed E-state index contributed by atoms with van der Waals surface area (Å²) in [6.45, 7) is 2.02. The normalized spacial score (nSPS) is 18.6. The van der Waals surface area contributed by atoms with Gasteiger partial charge in [-0.1, -0.05) is 0 Å². The van der Waals surface area contributed by atoms with Gasteiger partial charge < -0.3 is 14.5 Å². The van der Waals surface area contributed by atoms with Gasteiger partial charge in [0.2, 0.25) is 11.8 Å². The molecule has 1 aromatic rings. The zero-order chi connectivity index (χ0) is 14.5. The van der Waals surface area contributed by atoms with E-state index >= 15 is 0 Å². The van der Waals surface area contributed by atoms with E-state index in [0.29, 0.717) is 26.2 Å². The van der Waals surface area contributed by atoms with Crippen LogP contribution in [0, 0.1) is 5.92 Å². The van der Waals surface area contributed by atoms with Crippen molar-refractivity contribution in [3.8, 4) is 0 Å². The number of rotatable bonds is 6. The monoisotopic (exact) mass is 280 g/mol. The van der Waals surface area contributed by atoms with E-state index in [4.69, 9.17) is 4.74 Å². The fourth-order valence-corrected chi connectivity index (χ4v) is 2.38. The molecule has 0 saturated carbocycles. The van der Waals surface area contributed by atoms with Crippen LogP contribution in [0.1, 0.15) is 12.0 Å². The van der Waals surface area contributed by atoms with Gasteiger partial charge in [-0.05, 0) is 0 Å². The molecule has 110 valence electrons. The van der Waals surface area contributed by atoms with E-state index in [0.717, 1.165) is 5.56 Å². The lowest BCUT2D eigenvalue weighted by molar-refractivity contribution is -0.135. The first-order chi connectivity index (χ1) is 9.61. The molecular formula is C13H20N4O3. The van der Waals surface area contributed by atoms with Crippen molar-refractivity contribution in [3.05, 3.63) is 18.0 Å². The maximum absolute atomic E-state index is 12.3. The Kier molecular flexibility index (Phi) is 4.73. The van der Waals surface area contributed by atoms with E-state index in [9.17, 15) is 9.59 Å². The van der Waals surface area contributed by atoms with Gasteiger partial charge in [-0.15, -0.1) is 0 Å². The van der Waals surface area contributed by atoms with Gasteiger partial charge in [0, 0.05) is 52.0 Å². The molecule has 7 nitrogen and oxygen atoms in total. The minimum atomic E-state index is -0.253. The number of carbonyl (C=O) groups excluding carboxylic acids is 2. The molecule has 1 fully saturated rings. The Hall–Kier alpha value is -1.89. The number of nitrogens with zero attached hydrogens (tertiary/aromatic N) is 3. The first-order valence-corrected chi connectivity index (χ1v) is 6.61. The number of amides is 2. The maximum atomic E-state index is 12.3. The van der Waals surface area contributed by atoms with Crippen molar-refractivity contribution in [1.29, 1.82) is 0 Å². The number of methoxy groups -OCH3 is 1. The number of likely N-dealkylation sites (tertiary alicyclic amines) is 1. The van der Waals surface area contributed by atoms with Crippen LogP contribution >= 0.6 is 0 Å². The van der Waals surface area contributed by atoms with Crippen LogP contribution in [0.25, 0.3) is 0 Å². The van der Waals surface area contributed by atoms with Crippen molar-refractivity contribution in [2.75, 3.05) is 33.9 Å². The maximum Gasteiger partial charge on any atom is 0.228 e. The summed E-state index contributed by atoms with van der Waals surface area (Å²) in [5.74, 6) is -0.229. The molecule has 1 N–H and O–H groups in total. The van der Waals surface area contributed by atoms with Crippen molar-refractivity contribution >= 4 is 11.8 Å². The summed E-state index contributed by atoms with van der Waals surface area (Å²) in [4.78, 5) is 27.5. The van der Waals surface area contributed by atoms with E-state index in [1.54, 1.807) is 36.4 Å². The Morgan fingerprint density at radius 2 is 2.45 bits per heavy atom. The Morgan fingerprint density at radius 3 is 3.10 bits per heavy atom. The van der Waals surface area contributed by atoms with E-state index in [1.807, 2.05) is 0 Å². The summed E-state index contributed by atoms with van der Waals surface area (Å²) in [6.07, 6.45) is 3.74. The predicted octanol–water partition coefficient (Wildman–Crippen LogP) is -0.137. The average Bonchev–Trinajstić information content (AvgIpc) is 3.05. The number of nitrogens with one attached hydrogen (secondary N) is 1. The van der Waals surface area contributed by atoms with Gasteiger partial charge >= 0.3 is 0 Å². The molecular weight excluding hydrogens is 260 g/mol. The zero-order valence-electron chi connectivity index (χ0n) is 11.8. The first-order valence-electron chi connectivity index (χ1n) is 6.61. The Morgan fingerprint density at radius 1 is 1.65 bits per heavy atom. The van der Waals surface area contributed by atoms with Crippen molar-refractivity contribution in [2.45, 2.75) is 13.0 Å². The van der Waals surface area contributed by atoms with Gasteiger partial charge in [0.15, 0.2) is 0 Å². The quantitative estimate of drug-likeness (QED) is 0.787. The first kappa shape index (κ1) is 14.5. The highest BCUT2D eigenvalue weighted by atomic mass is 16.5. The molecule has 0 aliphatic carbocycles. The topological polar surface area (TPSA) is 78.5 Å². The average molecular weight is 280 g/mol. The molecule has 0 spiro atoms. The van der Waals surface area contributed by atoms with Gasteiger partial charge in [0.05, 0.1) is 18.7 Å². The smallest absolute Gasteiger partial charge is 0.228 e. The minimum absolute atomic E-state index is 0.000494. The number of hydrogen-bond acceptors (Lipinski definition) is 4. The molecule has 20 heavy (non-hydrogen) atoms. The van der Waals surface area contributed by atoms with Gasteiger partial charge in [0.25, 0.3) is 0 Å². The number of ether oxygens (including phenoxy) is 1. The molecule has 0 bridgehead atoms. The summed E-state index contributed by atoms with van der Waals surface area (Å²) in [7, 11) is 3.35. The second kappa shape index (κ2) is 6.51.